The quantitative estimate of drug-likeness (QED) is 0.535. The molecule has 4 rings (SSSR count). The van der Waals surface area contributed by atoms with Crippen molar-refractivity contribution in [1.82, 2.24) is 10.3 Å². The Balaban J connectivity index is 1.38. The highest BCUT2D eigenvalue weighted by Crippen LogP contribution is 2.26. The van der Waals surface area contributed by atoms with Crippen molar-refractivity contribution in [3.63, 3.8) is 0 Å². The van der Waals surface area contributed by atoms with Gasteiger partial charge in [-0.15, -0.1) is 0 Å². The van der Waals surface area contributed by atoms with Gasteiger partial charge in [0.25, 0.3) is 0 Å². The fourth-order valence-electron chi connectivity index (χ4n) is 4.14. The first-order valence-corrected chi connectivity index (χ1v) is 11.0. The van der Waals surface area contributed by atoms with Crippen LogP contribution in [0.5, 0.6) is 11.6 Å². The lowest BCUT2D eigenvalue weighted by atomic mass is 10.0. The molecule has 2 aromatic heterocycles. The summed E-state index contributed by atoms with van der Waals surface area (Å²) in [6.07, 6.45) is 6.85. The molecule has 0 atom stereocenters. The molecule has 1 aliphatic rings. The Labute approximate surface area is 186 Å². The summed E-state index contributed by atoms with van der Waals surface area (Å²) in [5, 5.41) is 3.76. The number of carbonyl (C=O) groups excluding carboxylic acids is 1. The maximum absolute atomic E-state index is 12.5. The van der Waals surface area contributed by atoms with Gasteiger partial charge in [0.1, 0.15) is 17.4 Å². The van der Waals surface area contributed by atoms with Crippen LogP contribution in [-0.4, -0.2) is 24.1 Å². The van der Waals surface area contributed by atoms with Gasteiger partial charge in [0, 0.05) is 41.7 Å². The first-order chi connectivity index (χ1) is 15.5. The number of nitrogens with one attached hydrogen (secondary N) is 1. The molecule has 0 unspecified atom stereocenters. The van der Waals surface area contributed by atoms with Gasteiger partial charge in [0.05, 0.1) is 7.11 Å². The van der Waals surface area contributed by atoms with Gasteiger partial charge in [0.15, 0.2) is 0 Å². The van der Waals surface area contributed by atoms with Crippen LogP contribution in [0.1, 0.15) is 48.8 Å². The zero-order valence-corrected chi connectivity index (χ0v) is 18.5. The van der Waals surface area contributed by atoms with Crippen molar-refractivity contribution in [2.75, 3.05) is 7.11 Å². The van der Waals surface area contributed by atoms with Gasteiger partial charge in [-0.1, -0.05) is 6.07 Å². The van der Waals surface area contributed by atoms with Crippen molar-refractivity contribution in [3.8, 4) is 11.6 Å². The summed E-state index contributed by atoms with van der Waals surface area (Å²) in [4.78, 5) is 29.3. The van der Waals surface area contributed by atoms with E-state index < -0.39 is 5.63 Å². The number of methoxy groups -OCH3 is 1. The lowest BCUT2D eigenvalue weighted by Gasteiger charge is -2.15. The lowest BCUT2D eigenvalue weighted by molar-refractivity contribution is -0.121. The SMILES string of the molecule is COc1ccc2c(C)c(CCC(=O)NCc3cccnc3OC3CCCC3)c(=O)oc2c1. The molecule has 0 spiro atoms. The number of aryl methyl sites for hydroxylation is 1. The van der Waals surface area contributed by atoms with E-state index in [4.69, 9.17) is 13.9 Å². The van der Waals surface area contributed by atoms with Crippen LogP contribution in [0.3, 0.4) is 0 Å². The van der Waals surface area contributed by atoms with Crippen molar-refractivity contribution in [1.29, 1.82) is 0 Å². The van der Waals surface area contributed by atoms with E-state index >= 15 is 0 Å². The minimum atomic E-state index is -0.421. The number of hydrogen-bond donors (Lipinski definition) is 1. The van der Waals surface area contributed by atoms with Gasteiger partial charge in [-0.3, -0.25) is 4.79 Å². The maximum atomic E-state index is 12.5. The van der Waals surface area contributed by atoms with Crippen LogP contribution in [0.25, 0.3) is 11.0 Å². The van der Waals surface area contributed by atoms with Gasteiger partial charge < -0.3 is 19.2 Å². The predicted octanol–water partition coefficient (Wildman–Crippen LogP) is 4.08. The molecule has 32 heavy (non-hydrogen) atoms. The van der Waals surface area contributed by atoms with Crippen LogP contribution in [-0.2, 0) is 17.8 Å². The number of aromatic nitrogens is 1. The number of hydrogen-bond acceptors (Lipinski definition) is 6. The summed E-state index contributed by atoms with van der Waals surface area (Å²) in [5.74, 6) is 1.06. The fourth-order valence-corrected chi connectivity index (χ4v) is 4.14. The number of carbonyl (C=O) groups is 1. The highest BCUT2D eigenvalue weighted by atomic mass is 16.5. The maximum Gasteiger partial charge on any atom is 0.339 e. The molecule has 7 heteroatoms. The third-order valence-electron chi connectivity index (χ3n) is 6.00. The Hall–Kier alpha value is -3.35. The Morgan fingerprint density at radius 3 is 2.84 bits per heavy atom. The Morgan fingerprint density at radius 1 is 1.25 bits per heavy atom. The van der Waals surface area contributed by atoms with Crippen molar-refractivity contribution < 1.29 is 18.7 Å². The number of rotatable bonds is 8. The largest absolute Gasteiger partial charge is 0.497 e. The molecule has 3 aromatic rings. The van der Waals surface area contributed by atoms with E-state index in [-0.39, 0.29) is 18.4 Å². The third kappa shape index (κ3) is 4.93. The smallest absolute Gasteiger partial charge is 0.339 e. The summed E-state index contributed by atoms with van der Waals surface area (Å²) >= 11 is 0. The van der Waals surface area contributed by atoms with E-state index in [0.717, 1.165) is 29.4 Å². The van der Waals surface area contributed by atoms with Crippen molar-refractivity contribution in [3.05, 3.63) is 63.6 Å². The van der Waals surface area contributed by atoms with E-state index in [1.165, 1.54) is 12.8 Å². The molecule has 1 saturated carbocycles. The molecule has 0 saturated heterocycles. The minimum Gasteiger partial charge on any atom is -0.497 e. The van der Waals surface area contributed by atoms with E-state index in [9.17, 15) is 9.59 Å². The lowest BCUT2D eigenvalue weighted by Crippen LogP contribution is -2.25. The van der Waals surface area contributed by atoms with Crippen molar-refractivity contribution in [2.45, 2.75) is 58.1 Å². The number of pyridine rings is 1. The normalized spacial score (nSPS) is 13.9. The van der Waals surface area contributed by atoms with Gasteiger partial charge in [-0.2, -0.15) is 0 Å². The molecule has 7 nitrogen and oxygen atoms in total. The molecule has 1 fully saturated rings. The molecular formula is C25H28N2O5. The van der Waals surface area contributed by atoms with Crippen molar-refractivity contribution >= 4 is 16.9 Å². The van der Waals surface area contributed by atoms with Crippen LogP contribution < -0.4 is 20.4 Å². The summed E-state index contributed by atoms with van der Waals surface area (Å²) in [6.45, 7) is 2.21. The number of benzene rings is 1. The standard InChI is InChI=1S/C25H28N2O5/c1-16-20-10-9-19(30-2)14-22(20)32-25(29)21(16)11-12-23(28)27-15-17-6-5-13-26-24(17)31-18-7-3-4-8-18/h5-6,9-10,13-14,18H,3-4,7-8,11-12,15H2,1-2H3,(H,27,28). The zero-order chi connectivity index (χ0) is 22.5. The van der Waals surface area contributed by atoms with Crippen LogP contribution >= 0.6 is 0 Å². The number of ether oxygens (including phenoxy) is 2. The fraction of sp³-hybridized carbons (Fsp3) is 0.400. The first kappa shape index (κ1) is 21.9. The second-order valence-corrected chi connectivity index (χ2v) is 8.12. The molecule has 168 valence electrons. The summed E-state index contributed by atoms with van der Waals surface area (Å²) < 4.78 is 16.7. The summed E-state index contributed by atoms with van der Waals surface area (Å²) in [7, 11) is 1.56. The highest BCUT2D eigenvalue weighted by molar-refractivity contribution is 5.82. The van der Waals surface area contributed by atoms with Crippen LogP contribution in [0, 0.1) is 6.92 Å². The van der Waals surface area contributed by atoms with E-state index in [1.807, 2.05) is 31.2 Å². The summed E-state index contributed by atoms with van der Waals surface area (Å²) in [6, 6.07) is 9.13. The Morgan fingerprint density at radius 2 is 2.06 bits per heavy atom. The van der Waals surface area contributed by atoms with Gasteiger partial charge in [-0.05, 0) is 62.8 Å². The van der Waals surface area contributed by atoms with E-state index in [1.54, 1.807) is 19.4 Å². The molecule has 1 aromatic carbocycles. The molecule has 1 aliphatic carbocycles. The first-order valence-electron chi connectivity index (χ1n) is 11.0. The molecule has 1 amide bonds. The average Bonchev–Trinajstić information content (AvgIpc) is 3.31. The van der Waals surface area contributed by atoms with E-state index in [2.05, 4.69) is 10.3 Å². The average molecular weight is 437 g/mol. The number of nitrogens with zero attached hydrogens (tertiary/aromatic N) is 1. The second kappa shape index (κ2) is 9.85. The molecule has 0 radical (unpaired) electrons. The molecule has 1 N–H and O–H groups in total. The van der Waals surface area contributed by atoms with Gasteiger partial charge in [-0.25, -0.2) is 9.78 Å². The van der Waals surface area contributed by atoms with Crippen LogP contribution in [0.2, 0.25) is 0 Å². The summed E-state index contributed by atoms with van der Waals surface area (Å²) in [5.41, 5.74) is 2.25. The molecular weight excluding hydrogens is 408 g/mol. The van der Waals surface area contributed by atoms with Gasteiger partial charge >= 0.3 is 5.63 Å². The third-order valence-corrected chi connectivity index (χ3v) is 6.00. The molecule has 0 bridgehead atoms. The predicted molar refractivity (Wildman–Crippen MR) is 121 cm³/mol. The molecule has 0 aliphatic heterocycles. The molecule has 2 heterocycles. The number of fused-ring (bicyclic) bond motifs is 1. The second-order valence-electron chi connectivity index (χ2n) is 8.12. The Kier molecular flexibility index (Phi) is 6.73. The van der Waals surface area contributed by atoms with Crippen LogP contribution in [0.4, 0.5) is 0 Å². The zero-order valence-electron chi connectivity index (χ0n) is 18.5. The monoisotopic (exact) mass is 436 g/mol. The topological polar surface area (TPSA) is 90.7 Å². The minimum absolute atomic E-state index is 0.144. The van der Waals surface area contributed by atoms with E-state index in [0.29, 0.717) is 35.7 Å². The highest BCUT2D eigenvalue weighted by Gasteiger charge is 2.19. The Bertz CT molecular complexity index is 1160. The van der Waals surface area contributed by atoms with Crippen molar-refractivity contribution in [2.24, 2.45) is 0 Å². The van der Waals surface area contributed by atoms with Gasteiger partial charge in [0.2, 0.25) is 11.8 Å². The number of amides is 1. The van der Waals surface area contributed by atoms with Crippen LogP contribution in [0.15, 0.2) is 45.7 Å².